The lowest BCUT2D eigenvalue weighted by molar-refractivity contribution is 0.761. The number of para-hydroxylation sites is 4. The highest BCUT2D eigenvalue weighted by atomic mass is 15.0. The van der Waals surface area contributed by atoms with Gasteiger partial charge in [-0.05, 0) is 72.0 Å². The maximum Gasteiger partial charge on any atom is 0.160 e. The summed E-state index contributed by atoms with van der Waals surface area (Å²) in [6.07, 6.45) is 5.70. The van der Waals surface area contributed by atoms with Crippen molar-refractivity contribution in [2.24, 2.45) is 5.92 Å². The first-order valence-electron chi connectivity index (χ1n) is 25.8. The molecule has 0 bridgehead atoms. The molecule has 2 aliphatic carbocycles. The van der Waals surface area contributed by atoms with Crippen LogP contribution in [-0.2, 0) is 0 Å². The summed E-state index contributed by atoms with van der Waals surface area (Å²) in [5.41, 5.74) is 21.8. The van der Waals surface area contributed by atoms with E-state index in [1.165, 1.54) is 55.6 Å². The van der Waals surface area contributed by atoms with E-state index in [2.05, 4.69) is 247 Å². The predicted octanol–water partition coefficient (Wildman–Crippen LogP) is 17.3. The van der Waals surface area contributed by atoms with Gasteiger partial charge in [0.1, 0.15) is 0 Å². The van der Waals surface area contributed by atoms with Crippen LogP contribution < -0.4 is 0 Å². The van der Waals surface area contributed by atoms with E-state index in [0.717, 1.165) is 84.3 Å². The van der Waals surface area contributed by atoms with Crippen LogP contribution in [0.4, 0.5) is 0 Å². The van der Waals surface area contributed by atoms with Crippen molar-refractivity contribution in [3.8, 4) is 79.0 Å². The van der Waals surface area contributed by atoms with Gasteiger partial charge in [0.15, 0.2) is 11.6 Å². The van der Waals surface area contributed by atoms with Crippen LogP contribution in [0.3, 0.4) is 0 Å². The van der Waals surface area contributed by atoms with E-state index in [4.69, 9.17) is 19.9 Å². The maximum absolute atomic E-state index is 5.33. The quantitative estimate of drug-likeness (QED) is 0.167. The Kier molecular flexibility index (Phi) is 9.82. The average Bonchev–Trinajstić information content (AvgIpc) is 4.00. The van der Waals surface area contributed by atoms with E-state index in [9.17, 15) is 0 Å². The lowest BCUT2D eigenvalue weighted by atomic mass is 9.77. The van der Waals surface area contributed by atoms with Crippen molar-refractivity contribution >= 4 is 54.8 Å². The third-order valence-corrected chi connectivity index (χ3v) is 15.3. The first-order chi connectivity index (χ1) is 37.1. The lowest BCUT2D eigenvalue weighted by Crippen LogP contribution is -2.11. The Bertz CT molecular complexity index is 4520. The number of allylic oxidation sites excluding steroid dienone is 4. The van der Waals surface area contributed by atoms with Gasteiger partial charge in [0.25, 0.3) is 0 Å². The second-order valence-electron chi connectivity index (χ2n) is 19.7. The molecular formula is C69H46N6. The van der Waals surface area contributed by atoms with E-state index in [1.54, 1.807) is 0 Å². The van der Waals surface area contributed by atoms with Gasteiger partial charge in [0.05, 0.1) is 44.8 Å². The SMILES string of the molecule is CC1CC=CC2=C1c1c(n(-c3cccc(-c4nc(-c5ccccc5)c5ccccc5n4)c3)c3ccccc13)-c1ccccc1-c1c2n(-c2cccc(-c3nc(-c4ccccc4)c4ccccc4n3)c2)c2ccccc12. The molecule has 75 heavy (non-hydrogen) atoms. The summed E-state index contributed by atoms with van der Waals surface area (Å²) in [4.78, 5) is 21.1. The Morgan fingerprint density at radius 2 is 0.840 bits per heavy atom. The van der Waals surface area contributed by atoms with E-state index in [-0.39, 0.29) is 5.92 Å². The van der Waals surface area contributed by atoms with Gasteiger partial charge in [-0.2, -0.15) is 0 Å². The number of benzene rings is 9. The molecule has 13 aromatic rings. The van der Waals surface area contributed by atoms with Crippen LogP contribution in [0.15, 0.2) is 243 Å². The summed E-state index contributed by atoms with van der Waals surface area (Å²) >= 11 is 0. The molecule has 1 unspecified atom stereocenters. The standard InChI is InChI=1S/C69H46N6/c1-43-21-18-36-56-61(43)63-55-35-13-17-40-60(55)74(48-28-19-26-46(41-48)68-70-57-37-14-10-32-52(57)64(72-68)44-22-4-2-5-23-44)66(63)51-31-9-8-30-50(51)62-54-34-12-16-39-59(54)75(67(56)62)49-29-20-27-47(42-49)69-71-58-38-15-11-33-53(58)65(73-69)45-24-6-3-7-25-45/h2-20,22-43H,21H2,1H3. The van der Waals surface area contributed by atoms with Crippen molar-refractivity contribution in [3.05, 3.63) is 254 Å². The summed E-state index contributed by atoms with van der Waals surface area (Å²) in [7, 11) is 0. The zero-order chi connectivity index (χ0) is 49.6. The van der Waals surface area contributed by atoms with Crippen LogP contribution in [-0.4, -0.2) is 29.1 Å². The van der Waals surface area contributed by atoms with Crippen molar-refractivity contribution < 1.29 is 0 Å². The maximum atomic E-state index is 5.33. The van der Waals surface area contributed by atoms with Gasteiger partial charge < -0.3 is 9.13 Å². The third-order valence-electron chi connectivity index (χ3n) is 15.3. The minimum absolute atomic E-state index is 0.204. The molecule has 1 atom stereocenters. The van der Waals surface area contributed by atoms with Gasteiger partial charge in [0.2, 0.25) is 0 Å². The van der Waals surface area contributed by atoms with Crippen molar-refractivity contribution in [2.45, 2.75) is 13.3 Å². The molecule has 0 N–H and O–H groups in total. The molecule has 0 saturated heterocycles. The Morgan fingerprint density at radius 3 is 1.41 bits per heavy atom. The van der Waals surface area contributed by atoms with Crippen LogP contribution in [0.2, 0.25) is 0 Å². The zero-order valence-electron chi connectivity index (χ0n) is 41.1. The van der Waals surface area contributed by atoms with Gasteiger partial charge in [-0.15, -0.1) is 0 Å². The van der Waals surface area contributed by atoms with Gasteiger partial charge in [-0.3, -0.25) is 0 Å². The fourth-order valence-corrected chi connectivity index (χ4v) is 12.0. The monoisotopic (exact) mass is 958 g/mol. The Morgan fingerprint density at radius 1 is 0.387 bits per heavy atom. The Balaban J connectivity index is 0.981. The molecule has 4 aromatic heterocycles. The fraction of sp³-hybridized carbons (Fsp3) is 0.0435. The van der Waals surface area contributed by atoms with Crippen LogP contribution in [0, 0.1) is 5.92 Å². The van der Waals surface area contributed by atoms with Crippen molar-refractivity contribution in [3.63, 3.8) is 0 Å². The molecule has 6 heteroatoms. The molecule has 0 spiro atoms. The topological polar surface area (TPSA) is 61.4 Å². The summed E-state index contributed by atoms with van der Waals surface area (Å²) in [5, 5.41) is 4.46. The van der Waals surface area contributed by atoms with Crippen LogP contribution in [0.5, 0.6) is 0 Å². The molecule has 352 valence electrons. The number of rotatable bonds is 6. The first-order valence-corrected chi connectivity index (χ1v) is 25.8. The van der Waals surface area contributed by atoms with E-state index >= 15 is 0 Å². The second-order valence-corrected chi connectivity index (χ2v) is 19.7. The molecule has 9 aromatic carbocycles. The molecule has 0 radical (unpaired) electrons. The first kappa shape index (κ1) is 42.9. The minimum Gasteiger partial charge on any atom is -0.309 e. The van der Waals surface area contributed by atoms with Crippen molar-refractivity contribution in [1.29, 1.82) is 0 Å². The number of aromatic nitrogens is 6. The molecule has 0 saturated carbocycles. The summed E-state index contributed by atoms with van der Waals surface area (Å²) in [6.45, 7) is 2.40. The highest BCUT2D eigenvalue weighted by Gasteiger charge is 2.35. The lowest BCUT2D eigenvalue weighted by Gasteiger charge is -2.29. The van der Waals surface area contributed by atoms with Gasteiger partial charge in [-0.1, -0.05) is 201 Å². The zero-order valence-corrected chi connectivity index (χ0v) is 41.1. The fourth-order valence-electron chi connectivity index (χ4n) is 12.0. The third kappa shape index (κ3) is 6.80. The number of nitrogens with zero attached hydrogens (tertiary/aromatic N) is 6. The van der Waals surface area contributed by atoms with Gasteiger partial charge >= 0.3 is 0 Å². The van der Waals surface area contributed by atoms with E-state index in [0.29, 0.717) is 11.6 Å². The highest BCUT2D eigenvalue weighted by Crippen LogP contribution is 2.55. The van der Waals surface area contributed by atoms with Crippen molar-refractivity contribution in [1.82, 2.24) is 29.1 Å². The molecule has 0 amide bonds. The number of hydrogen-bond acceptors (Lipinski definition) is 4. The summed E-state index contributed by atoms with van der Waals surface area (Å²) in [6, 6.07) is 82.1. The minimum atomic E-state index is 0.204. The van der Waals surface area contributed by atoms with Crippen molar-refractivity contribution in [2.75, 3.05) is 0 Å². The Labute approximate surface area is 433 Å². The van der Waals surface area contributed by atoms with Crippen LogP contribution in [0.25, 0.3) is 134 Å². The number of fused-ring (bicyclic) bond motifs is 13. The van der Waals surface area contributed by atoms with E-state index < -0.39 is 0 Å². The smallest absolute Gasteiger partial charge is 0.160 e. The number of hydrogen-bond donors (Lipinski definition) is 0. The molecular weight excluding hydrogens is 913 g/mol. The normalized spacial score (nSPS) is 13.9. The summed E-state index contributed by atoms with van der Waals surface area (Å²) < 4.78 is 5.01. The molecule has 6 nitrogen and oxygen atoms in total. The molecule has 2 aliphatic rings. The summed E-state index contributed by atoms with van der Waals surface area (Å²) in [5.74, 6) is 1.58. The molecule has 0 aliphatic heterocycles. The second kappa shape index (κ2) is 17.2. The van der Waals surface area contributed by atoms with Gasteiger partial charge in [0, 0.05) is 77.4 Å². The largest absolute Gasteiger partial charge is 0.309 e. The molecule has 0 fully saturated rings. The molecule has 4 heterocycles. The van der Waals surface area contributed by atoms with Crippen LogP contribution >= 0.6 is 0 Å². The predicted molar refractivity (Wildman–Crippen MR) is 309 cm³/mol. The van der Waals surface area contributed by atoms with Crippen LogP contribution in [0.1, 0.15) is 24.6 Å². The molecule has 15 rings (SSSR count). The highest BCUT2D eigenvalue weighted by molar-refractivity contribution is 6.18. The van der Waals surface area contributed by atoms with Gasteiger partial charge in [-0.25, -0.2) is 19.9 Å². The Hall–Kier alpha value is -9.78. The average molecular weight is 959 g/mol. The van der Waals surface area contributed by atoms with E-state index in [1.807, 2.05) is 12.1 Å².